The van der Waals surface area contributed by atoms with Crippen LogP contribution in [0.3, 0.4) is 0 Å². The summed E-state index contributed by atoms with van der Waals surface area (Å²) >= 11 is 0. The minimum absolute atomic E-state index is 0.0717. The van der Waals surface area contributed by atoms with Crippen molar-refractivity contribution in [1.82, 2.24) is 15.2 Å². The first kappa shape index (κ1) is 14.5. The van der Waals surface area contributed by atoms with Gasteiger partial charge in [0.15, 0.2) is 11.5 Å². The lowest BCUT2D eigenvalue weighted by molar-refractivity contribution is -0.139. The van der Waals surface area contributed by atoms with E-state index in [0.717, 1.165) is 10.9 Å². The number of alkyl halides is 3. The Hall–Kier alpha value is -3.09. The lowest BCUT2D eigenvalue weighted by Gasteiger charge is -2.10. The van der Waals surface area contributed by atoms with Crippen molar-refractivity contribution in [2.45, 2.75) is 6.18 Å². The van der Waals surface area contributed by atoms with Gasteiger partial charge in [-0.1, -0.05) is 18.2 Å². The van der Waals surface area contributed by atoms with Gasteiger partial charge in [-0.3, -0.25) is 10.1 Å². The zero-order valence-electron chi connectivity index (χ0n) is 12.2. The maximum absolute atomic E-state index is 13.0. The fraction of sp³-hybridized carbons (Fsp3) is 0.0588. The number of aromatic nitrogens is 3. The first-order chi connectivity index (χ1) is 11.5. The molecular weight excluding hydrogens is 317 g/mol. The van der Waals surface area contributed by atoms with Gasteiger partial charge < -0.3 is 5.32 Å². The van der Waals surface area contributed by atoms with Gasteiger partial charge in [-0.25, -0.2) is 0 Å². The van der Waals surface area contributed by atoms with Gasteiger partial charge >= 0.3 is 6.18 Å². The van der Waals surface area contributed by atoms with Crippen molar-refractivity contribution in [3.05, 3.63) is 60.4 Å². The van der Waals surface area contributed by atoms with E-state index in [1.165, 1.54) is 12.3 Å². The molecule has 0 saturated heterocycles. The second kappa shape index (κ2) is 5.23. The van der Waals surface area contributed by atoms with Gasteiger partial charge in [0, 0.05) is 22.7 Å². The van der Waals surface area contributed by atoms with Gasteiger partial charge in [-0.05, 0) is 35.7 Å². The lowest BCUT2D eigenvalue weighted by Crippen LogP contribution is -2.08. The summed E-state index contributed by atoms with van der Waals surface area (Å²) in [4.78, 5) is 3.46. The summed E-state index contributed by atoms with van der Waals surface area (Å²) in [5, 5.41) is 11.7. The molecule has 4 nitrogen and oxygen atoms in total. The normalized spacial score (nSPS) is 12.0. The maximum atomic E-state index is 13.0. The minimum atomic E-state index is -4.48. The van der Waals surface area contributed by atoms with Crippen molar-refractivity contribution < 1.29 is 13.2 Å². The molecule has 0 fully saturated rings. The summed E-state index contributed by atoms with van der Waals surface area (Å²) in [5.41, 5.74) is 0.653. The van der Waals surface area contributed by atoms with Crippen LogP contribution in [-0.4, -0.2) is 15.2 Å². The Morgan fingerprint density at radius 2 is 1.79 bits per heavy atom. The van der Waals surface area contributed by atoms with Crippen LogP contribution >= 0.6 is 0 Å². The van der Waals surface area contributed by atoms with Crippen LogP contribution in [0.1, 0.15) is 5.69 Å². The third-order valence-electron chi connectivity index (χ3n) is 3.77. The molecule has 0 bridgehead atoms. The molecule has 7 heteroatoms. The highest BCUT2D eigenvalue weighted by Gasteiger charge is 2.34. The van der Waals surface area contributed by atoms with Crippen LogP contribution in [0, 0.1) is 0 Å². The number of fused-ring (bicyclic) bond motifs is 2. The molecule has 0 aliphatic heterocycles. The highest BCUT2D eigenvalue weighted by molar-refractivity contribution is 5.93. The Bertz CT molecular complexity index is 1040. The summed E-state index contributed by atoms with van der Waals surface area (Å²) in [6, 6.07) is 13.8. The smallest absolute Gasteiger partial charge is 0.338 e. The van der Waals surface area contributed by atoms with E-state index in [1.807, 2.05) is 24.3 Å². The fourth-order valence-electron chi connectivity index (χ4n) is 2.68. The summed E-state index contributed by atoms with van der Waals surface area (Å²) in [5.74, 6) is 0.620. The lowest BCUT2D eigenvalue weighted by atomic mass is 10.1. The number of rotatable bonds is 2. The van der Waals surface area contributed by atoms with Crippen LogP contribution in [-0.2, 0) is 6.18 Å². The van der Waals surface area contributed by atoms with E-state index in [1.54, 1.807) is 18.2 Å². The van der Waals surface area contributed by atoms with Crippen molar-refractivity contribution in [1.29, 1.82) is 0 Å². The van der Waals surface area contributed by atoms with Crippen LogP contribution in [0.5, 0.6) is 0 Å². The minimum Gasteiger partial charge on any atom is -0.338 e. The van der Waals surface area contributed by atoms with Crippen molar-refractivity contribution in [3.8, 4) is 0 Å². The molecule has 120 valence electrons. The third-order valence-corrected chi connectivity index (χ3v) is 3.77. The first-order valence-corrected chi connectivity index (χ1v) is 7.18. The molecule has 0 aliphatic rings. The molecule has 4 aromatic rings. The van der Waals surface area contributed by atoms with Gasteiger partial charge in [0.05, 0.1) is 5.52 Å². The molecule has 0 spiro atoms. The zero-order chi connectivity index (χ0) is 16.7. The molecule has 4 rings (SSSR count). The van der Waals surface area contributed by atoms with Crippen LogP contribution in [0.25, 0.3) is 21.7 Å². The average molecular weight is 328 g/mol. The molecule has 2 heterocycles. The van der Waals surface area contributed by atoms with Gasteiger partial charge in [-0.2, -0.15) is 18.3 Å². The molecule has 0 saturated carbocycles. The monoisotopic (exact) mass is 328 g/mol. The predicted octanol–water partition coefficient (Wildman–Crippen LogP) is 4.87. The Kier molecular flexibility index (Phi) is 3.16. The predicted molar refractivity (Wildman–Crippen MR) is 86.1 cm³/mol. The largest absolute Gasteiger partial charge is 0.433 e. The standard InChI is InChI=1S/C17H11F3N4/c18-17(19,20)15-12-6-5-11(9-10(12)7-8-21-15)22-16-13-3-1-2-4-14(13)23-24-16/h1-9H,(H2,22,23,24). The second-order valence-electron chi connectivity index (χ2n) is 5.34. The summed E-state index contributed by atoms with van der Waals surface area (Å²) in [6.45, 7) is 0. The summed E-state index contributed by atoms with van der Waals surface area (Å²) < 4.78 is 39.0. The molecule has 0 atom stereocenters. The summed E-state index contributed by atoms with van der Waals surface area (Å²) in [6.07, 6.45) is -3.31. The van der Waals surface area contributed by atoms with Crippen LogP contribution in [0.15, 0.2) is 54.7 Å². The number of pyridine rings is 1. The van der Waals surface area contributed by atoms with Crippen LogP contribution in [0.2, 0.25) is 0 Å². The van der Waals surface area contributed by atoms with Crippen molar-refractivity contribution in [2.75, 3.05) is 5.32 Å². The Labute approximate surface area is 134 Å². The van der Waals surface area contributed by atoms with E-state index >= 15 is 0 Å². The van der Waals surface area contributed by atoms with E-state index in [2.05, 4.69) is 20.5 Å². The van der Waals surface area contributed by atoms with Gasteiger partial charge in [-0.15, -0.1) is 0 Å². The van der Waals surface area contributed by atoms with E-state index in [4.69, 9.17) is 0 Å². The molecular formula is C17H11F3N4. The number of hydrogen-bond acceptors (Lipinski definition) is 3. The van der Waals surface area contributed by atoms with E-state index in [9.17, 15) is 13.2 Å². The Morgan fingerprint density at radius 1 is 0.958 bits per heavy atom. The fourth-order valence-corrected chi connectivity index (χ4v) is 2.68. The number of H-pyrrole nitrogens is 1. The molecule has 0 amide bonds. The van der Waals surface area contributed by atoms with E-state index in [0.29, 0.717) is 16.9 Å². The molecule has 2 aromatic heterocycles. The van der Waals surface area contributed by atoms with Crippen molar-refractivity contribution >= 4 is 33.2 Å². The van der Waals surface area contributed by atoms with Crippen molar-refractivity contribution in [2.24, 2.45) is 0 Å². The number of para-hydroxylation sites is 1. The molecule has 24 heavy (non-hydrogen) atoms. The zero-order valence-corrected chi connectivity index (χ0v) is 12.2. The molecule has 0 radical (unpaired) electrons. The number of aromatic amines is 1. The van der Waals surface area contributed by atoms with E-state index in [-0.39, 0.29) is 5.39 Å². The quantitative estimate of drug-likeness (QED) is 0.552. The Morgan fingerprint density at radius 3 is 2.62 bits per heavy atom. The first-order valence-electron chi connectivity index (χ1n) is 7.18. The Balaban J connectivity index is 1.76. The van der Waals surface area contributed by atoms with Gasteiger partial charge in [0.25, 0.3) is 0 Å². The van der Waals surface area contributed by atoms with Gasteiger partial charge in [0.2, 0.25) is 0 Å². The second-order valence-corrected chi connectivity index (χ2v) is 5.34. The number of nitrogens with zero attached hydrogens (tertiary/aromatic N) is 2. The van der Waals surface area contributed by atoms with Crippen LogP contribution < -0.4 is 5.32 Å². The number of anilines is 2. The third kappa shape index (κ3) is 2.44. The summed E-state index contributed by atoms with van der Waals surface area (Å²) in [7, 11) is 0. The maximum Gasteiger partial charge on any atom is 0.433 e. The molecule has 2 aromatic carbocycles. The average Bonchev–Trinajstić information content (AvgIpc) is 2.96. The SMILES string of the molecule is FC(F)(F)c1nccc2cc(Nc3n[nH]c4ccccc34)ccc12. The number of benzene rings is 2. The van der Waals surface area contributed by atoms with E-state index < -0.39 is 11.9 Å². The molecule has 0 unspecified atom stereocenters. The molecule has 2 N–H and O–H groups in total. The van der Waals surface area contributed by atoms with Crippen LogP contribution in [0.4, 0.5) is 24.7 Å². The highest BCUT2D eigenvalue weighted by atomic mass is 19.4. The highest BCUT2D eigenvalue weighted by Crippen LogP contribution is 2.34. The number of hydrogen-bond donors (Lipinski definition) is 2. The van der Waals surface area contributed by atoms with Crippen molar-refractivity contribution in [3.63, 3.8) is 0 Å². The number of halogens is 3. The van der Waals surface area contributed by atoms with Gasteiger partial charge in [0.1, 0.15) is 0 Å². The number of nitrogens with one attached hydrogen (secondary N) is 2. The topological polar surface area (TPSA) is 53.6 Å². The molecule has 0 aliphatic carbocycles.